The van der Waals surface area contributed by atoms with Gasteiger partial charge in [-0.25, -0.2) is 0 Å². The third kappa shape index (κ3) is 8.81. The molecule has 0 heterocycles. The van der Waals surface area contributed by atoms with Crippen molar-refractivity contribution in [2.24, 2.45) is 0 Å². The first-order chi connectivity index (χ1) is 6.16. The summed E-state index contributed by atoms with van der Waals surface area (Å²) in [6, 6.07) is 0. The number of nitrogens with one attached hydrogen (secondary N) is 2. The van der Waals surface area contributed by atoms with E-state index in [1.165, 1.54) is 6.92 Å². The summed E-state index contributed by atoms with van der Waals surface area (Å²) < 4.78 is 4.87. The average molecular weight is 188 g/mol. The van der Waals surface area contributed by atoms with E-state index in [9.17, 15) is 9.59 Å². The minimum atomic E-state index is -0.160. The molecule has 76 valence electrons. The summed E-state index contributed by atoms with van der Waals surface area (Å²) in [7, 11) is 0. The monoisotopic (exact) mass is 188 g/mol. The zero-order chi connectivity index (χ0) is 10.1. The van der Waals surface area contributed by atoms with Crippen LogP contribution in [0.1, 0.15) is 13.8 Å². The molecule has 0 saturated heterocycles. The number of carbonyl (C=O) groups is 2. The van der Waals surface area contributed by atoms with Gasteiger partial charge in [0.1, 0.15) is 6.61 Å². The van der Waals surface area contributed by atoms with Crippen LogP contribution in [0, 0.1) is 0 Å². The molecule has 0 radical (unpaired) electrons. The molecule has 2 amide bonds. The molecule has 0 aromatic heterocycles. The number of carbonyl (C=O) groups excluding carboxylic acids is 2. The molecule has 5 nitrogen and oxygen atoms in total. The van der Waals surface area contributed by atoms with Crippen LogP contribution in [-0.2, 0) is 14.3 Å². The number of ether oxygens (including phenoxy) is 1. The maximum atomic E-state index is 10.9. The molecule has 0 bridgehead atoms. The lowest BCUT2D eigenvalue weighted by molar-refractivity contribution is -0.125. The molecule has 0 spiro atoms. The standard InChI is InChI=1S/C8H16N2O3/c1-3-13-6-8(12)10-5-4-9-7(2)11/h3-6H2,1-2H3,(H,9,11)(H,10,12). The predicted octanol–water partition coefficient (Wildman–Crippen LogP) is -0.725. The van der Waals surface area contributed by atoms with Gasteiger partial charge in [-0.15, -0.1) is 0 Å². The Morgan fingerprint density at radius 2 is 1.85 bits per heavy atom. The summed E-state index contributed by atoms with van der Waals surface area (Å²) in [5.41, 5.74) is 0. The van der Waals surface area contributed by atoms with E-state index in [0.29, 0.717) is 19.7 Å². The Labute approximate surface area is 77.8 Å². The van der Waals surface area contributed by atoms with Crippen LogP contribution in [0.2, 0.25) is 0 Å². The van der Waals surface area contributed by atoms with Crippen molar-refractivity contribution >= 4 is 11.8 Å². The molecule has 0 saturated carbocycles. The maximum Gasteiger partial charge on any atom is 0.246 e. The van der Waals surface area contributed by atoms with Crippen LogP contribution < -0.4 is 10.6 Å². The zero-order valence-corrected chi connectivity index (χ0v) is 8.05. The van der Waals surface area contributed by atoms with Gasteiger partial charge in [-0.1, -0.05) is 0 Å². The van der Waals surface area contributed by atoms with Gasteiger partial charge < -0.3 is 15.4 Å². The fourth-order valence-corrected chi connectivity index (χ4v) is 0.686. The van der Waals surface area contributed by atoms with Gasteiger partial charge in [0.15, 0.2) is 0 Å². The van der Waals surface area contributed by atoms with Crippen molar-refractivity contribution in [2.75, 3.05) is 26.3 Å². The van der Waals surface area contributed by atoms with Crippen molar-refractivity contribution in [3.05, 3.63) is 0 Å². The van der Waals surface area contributed by atoms with Crippen LogP contribution in [0.15, 0.2) is 0 Å². The molecular weight excluding hydrogens is 172 g/mol. The molecule has 0 aromatic carbocycles. The fraction of sp³-hybridized carbons (Fsp3) is 0.750. The van der Waals surface area contributed by atoms with Gasteiger partial charge >= 0.3 is 0 Å². The van der Waals surface area contributed by atoms with Crippen LogP contribution in [0.4, 0.5) is 0 Å². The van der Waals surface area contributed by atoms with Crippen LogP contribution >= 0.6 is 0 Å². The highest BCUT2D eigenvalue weighted by Gasteiger charge is 1.98. The van der Waals surface area contributed by atoms with E-state index in [4.69, 9.17) is 4.74 Å². The van der Waals surface area contributed by atoms with Crippen molar-refractivity contribution in [1.82, 2.24) is 10.6 Å². The molecule has 0 fully saturated rings. The lowest BCUT2D eigenvalue weighted by Crippen LogP contribution is -2.35. The molecule has 0 aliphatic carbocycles. The van der Waals surface area contributed by atoms with Gasteiger partial charge in [-0.3, -0.25) is 9.59 Å². The Hall–Kier alpha value is -1.10. The molecule has 0 unspecified atom stereocenters. The normalized spacial score (nSPS) is 9.38. The number of rotatable bonds is 6. The van der Waals surface area contributed by atoms with E-state index < -0.39 is 0 Å². The summed E-state index contributed by atoms with van der Waals surface area (Å²) in [4.78, 5) is 21.3. The van der Waals surface area contributed by atoms with E-state index in [1.54, 1.807) is 0 Å². The van der Waals surface area contributed by atoms with E-state index >= 15 is 0 Å². The second-order valence-electron chi connectivity index (χ2n) is 2.47. The van der Waals surface area contributed by atoms with Gasteiger partial charge in [0.05, 0.1) is 0 Å². The SMILES string of the molecule is CCOCC(=O)NCCNC(C)=O. The largest absolute Gasteiger partial charge is 0.372 e. The second kappa shape index (κ2) is 7.54. The van der Waals surface area contributed by atoms with Crippen LogP contribution in [-0.4, -0.2) is 38.1 Å². The van der Waals surface area contributed by atoms with Crippen molar-refractivity contribution in [3.8, 4) is 0 Å². The summed E-state index contributed by atoms with van der Waals surface area (Å²) in [6.07, 6.45) is 0. The maximum absolute atomic E-state index is 10.9. The van der Waals surface area contributed by atoms with Gasteiger partial charge in [0, 0.05) is 26.6 Å². The Balaban J connectivity index is 3.22. The van der Waals surface area contributed by atoms with Crippen LogP contribution in [0.3, 0.4) is 0 Å². The van der Waals surface area contributed by atoms with Crippen molar-refractivity contribution in [3.63, 3.8) is 0 Å². The summed E-state index contributed by atoms with van der Waals surface area (Å²) in [6.45, 7) is 4.75. The third-order valence-corrected chi connectivity index (χ3v) is 1.26. The Kier molecular flexibility index (Phi) is 6.91. The van der Waals surface area contributed by atoms with Gasteiger partial charge in [-0.2, -0.15) is 0 Å². The highest BCUT2D eigenvalue weighted by atomic mass is 16.5. The van der Waals surface area contributed by atoms with E-state index in [2.05, 4.69) is 10.6 Å². The quantitative estimate of drug-likeness (QED) is 0.540. The third-order valence-electron chi connectivity index (χ3n) is 1.26. The van der Waals surface area contributed by atoms with Gasteiger partial charge in [0.2, 0.25) is 11.8 Å². The van der Waals surface area contributed by atoms with E-state index in [0.717, 1.165) is 0 Å². The molecule has 5 heteroatoms. The molecule has 0 rings (SSSR count). The van der Waals surface area contributed by atoms with Crippen LogP contribution in [0.25, 0.3) is 0 Å². The predicted molar refractivity (Wildman–Crippen MR) is 48.2 cm³/mol. The van der Waals surface area contributed by atoms with Crippen molar-refractivity contribution in [2.45, 2.75) is 13.8 Å². The molecule has 13 heavy (non-hydrogen) atoms. The van der Waals surface area contributed by atoms with Gasteiger partial charge in [0.25, 0.3) is 0 Å². The van der Waals surface area contributed by atoms with E-state index in [1.807, 2.05) is 6.92 Å². The Morgan fingerprint density at radius 1 is 1.23 bits per heavy atom. The zero-order valence-electron chi connectivity index (χ0n) is 8.05. The summed E-state index contributed by atoms with van der Waals surface area (Å²) >= 11 is 0. The first-order valence-corrected chi connectivity index (χ1v) is 4.25. The lowest BCUT2D eigenvalue weighted by atomic mass is 10.5. The molecule has 0 aliphatic heterocycles. The topological polar surface area (TPSA) is 67.4 Å². The highest BCUT2D eigenvalue weighted by Crippen LogP contribution is 1.72. The van der Waals surface area contributed by atoms with Crippen LogP contribution in [0.5, 0.6) is 0 Å². The van der Waals surface area contributed by atoms with Crippen molar-refractivity contribution < 1.29 is 14.3 Å². The van der Waals surface area contributed by atoms with Gasteiger partial charge in [-0.05, 0) is 6.92 Å². The molecule has 0 aromatic rings. The minimum absolute atomic E-state index is 0.0799. The molecule has 0 aliphatic rings. The number of hydrogen-bond acceptors (Lipinski definition) is 3. The Morgan fingerprint density at radius 3 is 2.38 bits per heavy atom. The smallest absolute Gasteiger partial charge is 0.246 e. The molecule has 0 atom stereocenters. The second-order valence-corrected chi connectivity index (χ2v) is 2.47. The van der Waals surface area contributed by atoms with E-state index in [-0.39, 0.29) is 18.4 Å². The fourth-order valence-electron chi connectivity index (χ4n) is 0.686. The Bertz CT molecular complexity index is 171. The number of hydrogen-bond donors (Lipinski definition) is 2. The highest BCUT2D eigenvalue weighted by molar-refractivity contribution is 5.77. The lowest BCUT2D eigenvalue weighted by Gasteiger charge is -2.05. The first-order valence-electron chi connectivity index (χ1n) is 4.25. The minimum Gasteiger partial charge on any atom is -0.372 e. The number of amides is 2. The molecule has 2 N–H and O–H groups in total. The summed E-state index contributed by atoms with van der Waals surface area (Å²) in [5.74, 6) is -0.258. The first kappa shape index (κ1) is 11.9. The average Bonchev–Trinajstić information content (AvgIpc) is 2.08. The molecular formula is C8H16N2O3. The van der Waals surface area contributed by atoms with Crippen molar-refractivity contribution in [1.29, 1.82) is 0 Å². The summed E-state index contributed by atoms with van der Waals surface area (Å²) in [5, 5.41) is 5.16.